The first-order valence-corrected chi connectivity index (χ1v) is 10.7. The number of methoxy groups -OCH3 is 1. The summed E-state index contributed by atoms with van der Waals surface area (Å²) in [5, 5.41) is 4.70. The third-order valence-electron chi connectivity index (χ3n) is 4.44. The molecule has 0 saturated carbocycles. The van der Waals surface area contributed by atoms with Crippen LogP contribution in [0.3, 0.4) is 0 Å². The van der Waals surface area contributed by atoms with Crippen LogP contribution in [-0.2, 0) is 19.6 Å². The van der Waals surface area contributed by atoms with E-state index in [0.29, 0.717) is 17.8 Å². The SMILES string of the molecule is COC(=O)c1ccsc1NC(=O)C1CCCN1S(=O)(=O)c1ccc(C)cc1. The highest BCUT2D eigenvalue weighted by atomic mass is 32.2. The number of carbonyl (C=O) groups excluding carboxylic acids is 2. The number of thiophene rings is 1. The molecule has 0 aliphatic carbocycles. The highest BCUT2D eigenvalue weighted by Gasteiger charge is 2.39. The molecule has 0 bridgehead atoms. The molecule has 3 rings (SSSR count). The molecule has 1 amide bonds. The number of esters is 1. The largest absolute Gasteiger partial charge is 0.465 e. The molecule has 1 aromatic heterocycles. The van der Waals surface area contributed by atoms with E-state index in [2.05, 4.69) is 5.32 Å². The van der Waals surface area contributed by atoms with Gasteiger partial charge in [0, 0.05) is 6.54 Å². The number of ether oxygens (including phenoxy) is 1. The maximum atomic E-state index is 13.0. The van der Waals surface area contributed by atoms with E-state index in [1.807, 2.05) is 6.92 Å². The van der Waals surface area contributed by atoms with Gasteiger partial charge >= 0.3 is 5.97 Å². The topological polar surface area (TPSA) is 92.8 Å². The maximum Gasteiger partial charge on any atom is 0.340 e. The fourth-order valence-corrected chi connectivity index (χ4v) is 5.44. The van der Waals surface area contributed by atoms with E-state index in [1.54, 1.807) is 35.7 Å². The van der Waals surface area contributed by atoms with Crippen molar-refractivity contribution in [2.45, 2.75) is 30.7 Å². The zero-order valence-electron chi connectivity index (χ0n) is 15.0. The normalized spacial score (nSPS) is 17.6. The zero-order chi connectivity index (χ0) is 19.6. The number of amides is 1. The van der Waals surface area contributed by atoms with Crippen LogP contribution in [-0.4, -0.2) is 44.3 Å². The van der Waals surface area contributed by atoms with E-state index in [9.17, 15) is 18.0 Å². The van der Waals surface area contributed by atoms with Crippen molar-refractivity contribution in [2.75, 3.05) is 19.0 Å². The average Bonchev–Trinajstić information content (AvgIpc) is 3.31. The van der Waals surface area contributed by atoms with Crippen LogP contribution < -0.4 is 5.32 Å². The van der Waals surface area contributed by atoms with Crippen molar-refractivity contribution in [1.82, 2.24) is 4.31 Å². The van der Waals surface area contributed by atoms with E-state index >= 15 is 0 Å². The Labute approximate surface area is 162 Å². The van der Waals surface area contributed by atoms with Gasteiger partial charge in [-0.3, -0.25) is 4.79 Å². The van der Waals surface area contributed by atoms with Crippen molar-refractivity contribution in [2.24, 2.45) is 0 Å². The van der Waals surface area contributed by atoms with Crippen LogP contribution >= 0.6 is 11.3 Å². The summed E-state index contributed by atoms with van der Waals surface area (Å²) in [6.45, 7) is 2.16. The Morgan fingerprint density at radius 3 is 2.59 bits per heavy atom. The van der Waals surface area contributed by atoms with Gasteiger partial charge in [-0.15, -0.1) is 11.3 Å². The molecule has 27 heavy (non-hydrogen) atoms. The highest BCUT2D eigenvalue weighted by molar-refractivity contribution is 7.89. The molecule has 2 aromatic rings. The van der Waals surface area contributed by atoms with Gasteiger partial charge in [0.2, 0.25) is 15.9 Å². The smallest absolute Gasteiger partial charge is 0.340 e. The van der Waals surface area contributed by atoms with E-state index in [0.717, 1.165) is 5.56 Å². The maximum absolute atomic E-state index is 13.0. The number of aryl methyl sites for hydroxylation is 1. The summed E-state index contributed by atoms with van der Waals surface area (Å²) >= 11 is 1.19. The van der Waals surface area contributed by atoms with Crippen molar-refractivity contribution in [1.29, 1.82) is 0 Å². The van der Waals surface area contributed by atoms with Crippen LogP contribution in [0.5, 0.6) is 0 Å². The average molecular weight is 409 g/mol. The van der Waals surface area contributed by atoms with Gasteiger partial charge in [-0.25, -0.2) is 13.2 Å². The Morgan fingerprint density at radius 1 is 1.22 bits per heavy atom. The molecule has 1 fully saturated rings. The molecule has 1 atom stereocenters. The highest BCUT2D eigenvalue weighted by Crippen LogP contribution is 2.29. The van der Waals surface area contributed by atoms with Crippen molar-refractivity contribution >= 4 is 38.2 Å². The molecule has 9 heteroatoms. The fourth-order valence-electron chi connectivity index (χ4n) is 3.01. The zero-order valence-corrected chi connectivity index (χ0v) is 16.6. The fraction of sp³-hybridized carbons (Fsp3) is 0.333. The van der Waals surface area contributed by atoms with E-state index in [1.165, 1.54) is 22.8 Å². The number of sulfonamides is 1. The molecular weight excluding hydrogens is 388 g/mol. The molecule has 0 radical (unpaired) electrons. The lowest BCUT2D eigenvalue weighted by molar-refractivity contribution is -0.119. The van der Waals surface area contributed by atoms with E-state index in [4.69, 9.17) is 4.74 Å². The first-order chi connectivity index (χ1) is 12.8. The van der Waals surface area contributed by atoms with Gasteiger partial charge in [-0.1, -0.05) is 17.7 Å². The molecule has 144 valence electrons. The van der Waals surface area contributed by atoms with Crippen LogP contribution in [0, 0.1) is 6.92 Å². The summed E-state index contributed by atoms with van der Waals surface area (Å²) < 4.78 is 31.8. The molecular formula is C18H20N2O5S2. The predicted octanol–water partition coefficient (Wildman–Crippen LogP) is 2.63. The van der Waals surface area contributed by atoms with Gasteiger partial charge in [0.15, 0.2) is 0 Å². The molecule has 1 N–H and O–H groups in total. The second kappa shape index (κ2) is 7.79. The number of hydrogen-bond acceptors (Lipinski definition) is 6. The Morgan fingerprint density at radius 2 is 1.93 bits per heavy atom. The van der Waals surface area contributed by atoms with Crippen molar-refractivity contribution in [3.8, 4) is 0 Å². The third-order valence-corrected chi connectivity index (χ3v) is 7.19. The molecule has 2 heterocycles. The number of anilines is 1. The van der Waals surface area contributed by atoms with Crippen LogP contribution in [0.15, 0.2) is 40.6 Å². The molecule has 1 unspecified atom stereocenters. The minimum Gasteiger partial charge on any atom is -0.465 e. The molecule has 0 spiro atoms. The van der Waals surface area contributed by atoms with Gasteiger partial charge in [-0.05, 0) is 43.3 Å². The quantitative estimate of drug-likeness (QED) is 0.768. The monoisotopic (exact) mass is 408 g/mol. The van der Waals surface area contributed by atoms with Crippen LogP contribution in [0.4, 0.5) is 5.00 Å². The minimum absolute atomic E-state index is 0.166. The van der Waals surface area contributed by atoms with Gasteiger partial charge in [-0.2, -0.15) is 4.31 Å². The Kier molecular flexibility index (Phi) is 5.64. The summed E-state index contributed by atoms with van der Waals surface area (Å²) in [4.78, 5) is 24.7. The van der Waals surface area contributed by atoms with Crippen LogP contribution in [0.25, 0.3) is 0 Å². The standard InChI is InChI=1S/C18H20N2O5S2/c1-12-5-7-13(8-6-12)27(23,24)20-10-3-4-15(20)16(21)19-17-14(9-11-26-17)18(22)25-2/h5-9,11,15H,3-4,10H2,1-2H3,(H,19,21). The van der Waals surface area contributed by atoms with Crippen LogP contribution in [0.2, 0.25) is 0 Å². The first kappa shape index (κ1) is 19.5. The van der Waals surface area contributed by atoms with E-state index in [-0.39, 0.29) is 17.0 Å². The van der Waals surface area contributed by atoms with Crippen molar-refractivity contribution in [3.05, 3.63) is 46.8 Å². The lowest BCUT2D eigenvalue weighted by Gasteiger charge is -2.23. The van der Waals surface area contributed by atoms with Gasteiger partial charge in [0.1, 0.15) is 11.0 Å². The summed E-state index contributed by atoms with van der Waals surface area (Å²) in [5.74, 6) is -1.00. The van der Waals surface area contributed by atoms with Crippen molar-refractivity contribution in [3.63, 3.8) is 0 Å². The lowest BCUT2D eigenvalue weighted by atomic mass is 10.2. The van der Waals surface area contributed by atoms with Crippen molar-refractivity contribution < 1.29 is 22.7 Å². The second-order valence-electron chi connectivity index (χ2n) is 6.23. The molecule has 1 aromatic carbocycles. The first-order valence-electron chi connectivity index (χ1n) is 8.40. The lowest BCUT2D eigenvalue weighted by Crippen LogP contribution is -2.43. The number of rotatable bonds is 5. The number of hydrogen-bond donors (Lipinski definition) is 1. The summed E-state index contributed by atoms with van der Waals surface area (Å²) in [5.41, 5.74) is 1.21. The molecule has 1 aliphatic rings. The Hall–Kier alpha value is -2.23. The Bertz CT molecular complexity index is 950. The summed E-state index contributed by atoms with van der Waals surface area (Å²) in [6, 6.07) is 7.29. The summed E-state index contributed by atoms with van der Waals surface area (Å²) in [7, 11) is -2.51. The third kappa shape index (κ3) is 3.90. The van der Waals surface area contributed by atoms with Gasteiger partial charge < -0.3 is 10.1 Å². The number of nitrogens with one attached hydrogen (secondary N) is 1. The second-order valence-corrected chi connectivity index (χ2v) is 9.04. The molecule has 1 saturated heterocycles. The molecule has 1 aliphatic heterocycles. The Balaban J connectivity index is 1.82. The minimum atomic E-state index is -3.78. The van der Waals surface area contributed by atoms with Gasteiger partial charge in [0.05, 0.1) is 17.6 Å². The predicted molar refractivity (Wildman–Crippen MR) is 102 cm³/mol. The van der Waals surface area contributed by atoms with Gasteiger partial charge in [0.25, 0.3) is 0 Å². The van der Waals surface area contributed by atoms with Crippen LogP contribution in [0.1, 0.15) is 28.8 Å². The summed E-state index contributed by atoms with van der Waals surface area (Å²) in [6.07, 6.45) is 1.02. The number of benzene rings is 1. The number of nitrogens with zero attached hydrogens (tertiary/aromatic N) is 1. The van der Waals surface area contributed by atoms with E-state index < -0.39 is 27.9 Å². The number of carbonyl (C=O) groups is 2. The molecule has 7 nitrogen and oxygen atoms in total.